The van der Waals surface area contributed by atoms with E-state index in [4.69, 9.17) is 0 Å². The summed E-state index contributed by atoms with van der Waals surface area (Å²) >= 11 is 3.24. The minimum atomic E-state index is -0.379. The highest BCUT2D eigenvalue weighted by Crippen LogP contribution is 2.15. The maximum absolute atomic E-state index is 9.45. The lowest BCUT2D eigenvalue weighted by atomic mass is 10.1. The number of hydrogen-bond donors (Lipinski definition) is 1. The number of alkyl halides is 1. The highest BCUT2D eigenvalue weighted by atomic mass is 79.9. The van der Waals surface area contributed by atoms with Crippen LogP contribution >= 0.6 is 15.9 Å². The normalized spacial score (nSPS) is 12.9. The molecule has 12 heavy (non-hydrogen) atoms. The van der Waals surface area contributed by atoms with Crippen LogP contribution in [-0.4, -0.2) is 10.4 Å². The van der Waals surface area contributed by atoms with Crippen LogP contribution in [0.25, 0.3) is 0 Å². The average Bonchev–Trinajstić information content (AvgIpc) is 2.17. The number of aliphatic hydroxyl groups is 1. The first-order chi connectivity index (χ1) is 5.77. The molecule has 0 fully saturated rings. The Labute approximate surface area is 81.6 Å². The van der Waals surface area contributed by atoms with Crippen LogP contribution < -0.4 is 0 Å². The van der Waals surface area contributed by atoms with Crippen molar-refractivity contribution in [2.75, 3.05) is 5.33 Å². The lowest BCUT2D eigenvalue weighted by molar-refractivity contribution is 0.205. The van der Waals surface area contributed by atoms with Crippen molar-refractivity contribution in [1.82, 2.24) is 0 Å². The number of benzene rings is 1. The molecule has 1 unspecified atom stereocenters. The molecule has 1 atom stereocenters. The summed E-state index contributed by atoms with van der Waals surface area (Å²) in [7, 11) is 0. The smallest absolute Gasteiger partial charge is 0.0886 e. The predicted octanol–water partition coefficient (Wildman–Crippen LogP) is 2.68. The molecular formula is C10H13BrO. The number of hydrogen-bond acceptors (Lipinski definition) is 1. The van der Waals surface area contributed by atoms with Crippen LogP contribution in [0.2, 0.25) is 0 Å². The van der Waals surface area contributed by atoms with Gasteiger partial charge in [-0.25, -0.2) is 0 Å². The van der Waals surface area contributed by atoms with Crippen LogP contribution in [0.5, 0.6) is 0 Å². The molecule has 1 nitrogen and oxygen atoms in total. The van der Waals surface area contributed by atoms with Crippen LogP contribution in [0.1, 0.15) is 24.2 Å². The molecule has 1 aromatic rings. The summed E-state index contributed by atoms with van der Waals surface area (Å²) in [6.45, 7) is 2.12. The van der Waals surface area contributed by atoms with E-state index >= 15 is 0 Å². The third kappa shape index (κ3) is 2.32. The number of halogens is 1. The Morgan fingerprint density at radius 1 is 1.33 bits per heavy atom. The Morgan fingerprint density at radius 2 is 1.92 bits per heavy atom. The molecule has 0 aliphatic rings. The topological polar surface area (TPSA) is 20.2 Å². The van der Waals surface area contributed by atoms with Crippen LogP contribution in [-0.2, 0) is 6.42 Å². The van der Waals surface area contributed by atoms with Gasteiger partial charge in [0.1, 0.15) is 0 Å². The molecule has 1 aromatic carbocycles. The van der Waals surface area contributed by atoms with Gasteiger partial charge in [0.2, 0.25) is 0 Å². The van der Waals surface area contributed by atoms with Crippen LogP contribution in [0.4, 0.5) is 0 Å². The molecule has 1 N–H and O–H groups in total. The van der Waals surface area contributed by atoms with Gasteiger partial charge in [0.25, 0.3) is 0 Å². The van der Waals surface area contributed by atoms with Crippen LogP contribution in [0.3, 0.4) is 0 Å². The molecule has 1 rings (SSSR count). The van der Waals surface area contributed by atoms with Gasteiger partial charge in [-0.1, -0.05) is 47.1 Å². The van der Waals surface area contributed by atoms with Gasteiger partial charge in [0.05, 0.1) is 6.10 Å². The second kappa shape index (κ2) is 4.63. The molecule has 0 amide bonds. The molecule has 0 aromatic heterocycles. The molecule has 0 aliphatic carbocycles. The first-order valence-electron chi connectivity index (χ1n) is 4.10. The summed E-state index contributed by atoms with van der Waals surface area (Å²) < 4.78 is 0. The van der Waals surface area contributed by atoms with E-state index in [1.54, 1.807) is 0 Å². The highest BCUT2D eigenvalue weighted by molar-refractivity contribution is 9.09. The largest absolute Gasteiger partial charge is 0.388 e. The number of rotatable bonds is 3. The van der Waals surface area contributed by atoms with Crippen molar-refractivity contribution < 1.29 is 5.11 Å². The summed E-state index contributed by atoms with van der Waals surface area (Å²) in [6.07, 6.45) is 0.668. The molecule has 0 aliphatic heterocycles. The van der Waals surface area contributed by atoms with Crippen molar-refractivity contribution in [3.05, 3.63) is 35.4 Å². The fraction of sp³-hybridized carbons (Fsp3) is 0.400. The summed E-state index contributed by atoms with van der Waals surface area (Å²) in [5, 5.41) is 10.0. The molecule has 66 valence electrons. The number of aliphatic hydroxyl groups excluding tert-OH is 1. The maximum atomic E-state index is 9.45. The van der Waals surface area contributed by atoms with E-state index in [-0.39, 0.29) is 6.10 Å². The predicted molar refractivity (Wildman–Crippen MR) is 54.6 cm³/mol. The van der Waals surface area contributed by atoms with Gasteiger partial charge in [-0.05, 0) is 17.5 Å². The molecule has 0 bridgehead atoms. The monoisotopic (exact) mass is 228 g/mol. The van der Waals surface area contributed by atoms with E-state index in [9.17, 15) is 5.11 Å². The Hall–Kier alpha value is -0.340. The van der Waals surface area contributed by atoms with Crippen molar-refractivity contribution in [3.63, 3.8) is 0 Å². The Bertz CT molecular complexity index is 230. The third-order valence-corrected chi connectivity index (χ3v) is 2.53. The van der Waals surface area contributed by atoms with Crippen LogP contribution in [0.15, 0.2) is 24.3 Å². The Morgan fingerprint density at radius 3 is 2.33 bits per heavy atom. The molecule has 0 radical (unpaired) electrons. The van der Waals surface area contributed by atoms with Gasteiger partial charge in [0, 0.05) is 5.33 Å². The van der Waals surface area contributed by atoms with E-state index in [0.29, 0.717) is 5.33 Å². The quantitative estimate of drug-likeness (QED) is 0.790. The summed E-state index contributed by atoms with van der Waals surface area (Å²) in [4.78, 5) is 0. The van der Waals surface area contributed by atoms with Crippen molar-refractivity contribution >= 4 is 15.9 Å². The zero-order valence-electron chi connectivity index (χ0n) is 7.13. The van der Waals surface area contributed by atoms with Gasteiger partial charge < -0.3 is 5.11 Å². The van der Waals surface area contributed by atoms with Gasteiger partial charge in [-0.2, -0.15) is 0 Å². The molecule has 0 heterocycles. The van der Waals surface area contributed by atoms with Crippen molar-refractivity contribution in [1.29, 1.82) is 0 Å². The lowest BCUT2D eigenvalue weighted by Gasteiger charge is -2.07. The van der Waals surface area contributed by atoms with Gasteiger partial charge in [-0.3, -0.25) is 0 Å². The standard InChI is InChI=1S/C10H13BrO/c1-2-8-3-5-9(6-4-8)10(12)7-11/h3-6,10,12H,2,7H2,1H3. The van der Waals surface area contributed by atoms with Gasteiger partial charge in [-0.15, -0.1) is 0 Å². The molecule has 0 saturated carbocycles. The minimum absolute atomic E-state index is 0.379. The Kier molecular flexibility index (Phi) is 3.76. The fourth-order valence-electron chi connectivity index (χ4n) is 1.06. The zero-order chi connectivity index (χ0) is 8.97. The van der Waals surface area contributed by atoms with Crippen molar-refractivity contribution in [3.8, 4) is 0 Å². The van der Waals surface area contributed by atoms with Crippen molar-refractivity contribution in [2.45, 2.75) is 19.4 Å². The first kappa shape index (κ1) is 9.75. The van der Waals surface area contributed by atoms with Crippen LogP contribution in [0, 0.1) is 0 Å². The third-order valence-electron chi connectivity index (χ3n) is 1.92. The highest BCUT2D eigenvalue weighted by Gasteiger charge is 2.03. The fourth-order valence-corrected chi connectivity index (χ4v) is 1.44. The summed E-state index contributed by atoms with van der Waals surface area (Å²) in [6, 6.07) is 8.07. The van der Waals surface area contributed by atoms with E-state index in [1.807, 2.05) is 12.1 Å². The summed E-state index contributed by atoms with van der Waals surface area (Å²) in [5.41, 5.74) is 2.28. The van der Waals surface area contributed by atoms with Gasteiger partial charge >= 0.3 is 0 Å². The summed E-state index contributed by atoms with van der Waals surface area (Å²) in [5.74, 6) is 0. The molecule has 2 heteroatoms. The maximum Gasteiger partial charge on any atom is 0.0886 e. The molecule has 0 spiro atoms. The zero-order valence-corrected chi connectivity index (χ0v) is 8.71. The lowest BCUT2D eigenvalue weighted by Crippen LogP contribution is -1.97. The van der Waals surface area contributed by atoms with E-state index < -0.39 is 0 Å². The molecular weight excluding hydrogens is 216 g/mol. The Balaban J connectivity index is 2.77. The van der Waals surface area contributed by atoms with Gasteiger partial charge in [0.15, 0.2) is 0 Å². The first-order valence-corrected chi connectivity index (χ1v) is 5.23. The number of aryl methyl sites for hydroxylation is 1. The van der Waals surface area contributed by atoms with E-state index in [2.05, 4.69) is 35.0 Å². The second-order valence-electron chi connectivity index (χ2n) is 2.77. The van der Waals surface area contributed by atoms with E-state index in [1.165, 1.54) is 5.56 Å². The van der Waals surface area contributed by atoms with E-state index in [0.717, 1.165) is 12.0 Å². The SMILES string of the molecule is CCc1ccc(C(O)CBr)cc1. The van der Waals surface area contributed by atoms with Crippen molar-refractivity contribution in [2.24, 2.45) is 0 Å². The second-order valence-corrected chi connectivity index (χ2v) is 3.41. The average molecular weight is 229 g/mol. The minimum Gasteiger partial charge on any atom is -0.388 e. The molecule has 0 saturated heterocycles.